The fourth-order valence-corrected chi connectivity index (χ4v) is 3.32. The van der Waals surface area contributed by atoms with E-state index in [-0.39, 0.29) is 6.04 Å². The van der Waals surface area contributed by atoms with Crippen LogP contribution in [-0.4, -0.2) is 21.5 Å². The highest BCUT2D eigenvalue weighted by molar-refractivity contribution is 14.1. The summed E-state index contributed by atoms with van der Waals surface area (Å²) in [6, 6.07) is 6.47. The zero-order valence-corrected chi connectivity index (χ0v) is 14.9. The maximum absolute atomic E-state index is 4.08. The normalized spacial score (nSPS) is 12.7. The number of nitrogens with zero attached hydrogens (tertiary/aromatic N) is 3. The summed E-state index contributed by atoms with van der Waals surface area (Å²) in [5.74, 6) is 0. The standard InChI is InChI=1S/C13H16BrIN4/c1-4-16-11(12-13(14)17-18-19(12)3)9-7-5-6-8(2)10(9)15/h5-7,11,16H,4H2,1-3H3. The van der Waals surface area contributed by atoms with Crippen molar-refractivity contribution in [3.05, 3.63) is 43.2 Å². The zero-order valence-electron chi connectivity index (χ0n) is 11.1. The molecule has 1 atom stereocenters. The monoisotopic (exact) mass is 434 g/mol. The first kappa shape index (κ1) is 14.9. The minimum absolute atomic E-state index is 0.0891. The minimum Gasteiger partial charge on any atom is -0.305 e. The Kier molecular flexibility index (Phi) is 4.97. The summed E-state index contributed by atoms with van der Waals surface area (Å²) in [4.78, 5) is 0. The number of nitrogens with one attached hydrogen (secondary N) is 1. The molecular formula is C13H16BrIN4. The average molecular weight is 435 g/mol. The molecule has 4 nitrogen and oxygen atoms in total. The molecule has 1 heterocycles. The summed E-state index contributed by atoms with van der Waals surface area (Å²) in [5.41, 5.74) is 3.59. The molecule has 1 N–H and O–H groups in total. The van der Waals surface area contributed by atoms with E-state index in [0.717, 1.165) is 16.8 Å². The Bertz CT molecular complexity index is 563. The van der Waals surface area contributed by atoms with Gasteiger partial charge < -0.3 is 5.32 Å². The van der Waals surface area contributed by atoms with Crippen LogP contribution in [0.1, 0.15) is 29.8 Å². The fourth-order valence-electron chi connectivity index (χ4n) is 2.10. The van der Waals surface area contributed by atoms with Crippen molar-refractivity contribution in [2.24, 2.45) is 7.05 Å². The lowest BCUT2D eigenvalue weighted by molar-refractivity contribution is 0.565. The third kappa shape index (κ3) is 3.00. The molecule has 6 heteroatoms. The number of halogens is 2. The zero-order chi connectivity index (χ0) is 14.0. The molecule has 1 aromatic carbocycles. The Balaban J connectivity index is 2.55. The van der Waals surface area contributed by atoms with Crippen molar-refractivity contribution in [2.45, 2.75) is 19.9 Å². The molecule has 0 aliphatic rings. The van der Waals surface area contributed by atoms with Gasteiger partial charge in [-0.2, -0.15) is 0 Å². The molecule has 0 saturated heterocycles. The van der Waals surface area contributed by atoms with Crippen LogP contribution in [0.2, 0.25) is 0 Å². The summed E-state index contributed by atoms with van der Waals surface area (Å²) in [5, 5.41) is 11.7. The molecule has 0 saturated carbocycles. The van der Waals surface area contributed by atoms with Gasteiger partial charge in [-0.1, -0.05) is 30.3 Å². The predicted molar refractivity (Wildman–Crippen MR) is 88.1 cm³/mol. The maximum Gasteiger partial charge on any atom is 0.153 e. The summed E-state index contributed by atoms with van der Waals surface area (Å²) in [6.45, 7) is 5.12. The Morgan fingerprint density at radius 3 is 2.79 bits per heavy atom. The Hall–Kier alpha value is -0.470. The van der Waals surface area contributed by atoms with Gasteiger partial charge in [0.15, 0.2) is 4.60 Å². The predicted octanol–water partition coefficient (Wildman–Crippen LogP) is 3.19. The van der Waals surface area contributed by atoms with Crippen molar-refractivity contribution >= 4 is 38.5 Å². The number of rotatable bonds is 4. The molecule has 0 fully saturated rings. The lowest BCUT2D eigenvalue weighted by atomic mass is 10.0. The third-order valence-electron chi connectivity index (χ3n) is 3.04. The first-order valence-electron chi connectivity index (χ1n) is 6.09. The van der Waals surface area contributed by atoms with E-state index in [0.29, 0.717) is 0 Å². The average Bonchev–Trinajstić information content (AvgIpc) is 2.70. The lowest BCUT2D eigenvalue weighted by Crippen LogP contribution is -2.25. The largest absolute Gasteiger partial charge is 0.305 e. The van der Waals surface area contributed by atoms with Crippen LogP contribution < -0.4 is 5.32 Å². The minimum atomic E-state index is 0.0891. The van der Waals surface area contributed by atoms with Crippen molar-refractivity contribution in [2.75, 3.05) is 6.54 Å². The molecule has 0 spiro atoms. The highest BCUT2D eigenvalue weighted by Gasteiger charge is 2.23. The van der Waals surface area contributed by atoms with E-state index in [9.17, 15) is 0 Å². The first-order valence-corrected chi connectivity index (χ1v) is 7.96. The summed E-state index contributed by atoms with van der Waals surface area (Å²) < 4.78 is 3.88. The second kappa shape index (κ2) is 6.32. The number of hydrogen-bond acceptors (Lipinski definition) is 3. The lowest BCUT2D eigenvalue weighted by Gasteiger charge is -2.21. The van der Waals surface area contributed by atoms with E-state index in [1.54, 1.807) is 0 Å². The second-order valence-corrected chi connectivity index (χ2v) is 6.19. The summed E-state index contributed by atoms with van der Waals surface area (Å²) in [7, 11) is 1.92. The maximum atomic E-state index is 4.08. The van der Waals surface area contributed by atoms with E-state index in [1.807, 2.05) is 11.7 Å². The number of hydrogen-bond donors (Lipinski definition) is 1. The van der Waals surface area contributed by atoms with E-state index >= 15 is 0 Å². The van der Waals surface area contributed by atoms with Crippen LogP contribution in [0.3, 0.4) is 0 Å². The summed E-state index contributed by atoms with van der Waals surface area (Å²) in [6.07, 6.45) is 0. The topological polar surface area (TPSA) is 42.7 Å². The van der Waals surface area contributed by atoms with Gasteiger partial charge in [0.1, 0.15) is 0 Å². The van der Waals surface area contributed by atoms with Crippen LogP contribution >= 0.6 is 38.5 Å². The van der Waals surface area contributed by atoms with Crippen LogP contribution in [0.5, 0.6) is 0 Å². The van der Waals surface area contributed by atoms with Crippen molar-refractivity contribution in [1.29, 1.82) is 0 Å². The number of aromatic nitrogens is 3. The van der Waals surface area contributed by atoms with E-state index in [2.05, 4.69) is 86.2 Å². The molecule has 0 aliphatic carbocycles. The van der Waals surface area contributed by atoms with Crippen molar-refractivity contribution < 1.29 is 0 Å². The van der Waals surface area contributed by atoms with Crippen molar-refractivity contribution in [3.8, 4) is 0 Å². The fraction of sp³-hybridized carbons (Fsp3) is 0.385. The van der Waals surface area contributed by atoms with E-state index in [4.69, 9.17) is 0 Å². The molecule has 1 unspecified atom stereocenters. The Morgan fingerprint density at radius 2 is 2.21 bits per heavy atom. The van der Waals surface area contributed by atoms with Crippen molar-refractivity contribution in [1.82, 2.24) is 20.3 Å². The van der Waals surface area contributed by atoms with Gasteiger partial charge in [-0.05, 0) is 63.1 Å². The highest BCUT2D eigenvalue weighted by atomic mass is 127. The van der Waals surface area contributed by atoms with Gasteiger partial charge >= 0.3 is 0 Å². The van der Waals surface area contributed by atoms with Gasteiger partial charge in [-0.3, -0.25) is 0 Å². The molecule has 19 heavy (non-hydrogen) atoms. The smallest absolute Gasteiger partial charge is 0.153 e. The first-order chi connectivity index (χ1) is 9.06. The van der Waals surface area contributed by atoms with Gasteiger partial charge in [0.25, 0.3) is 0 Å². The Morgan fingerprint density at radius 1 is 1.47 bits per heavy atom. The Labute approximate surface area is 135 Å². The molecule has 0 amide bonds. The number of benzene rings is 1. The number of aryl methyl sites for hydroxylation is 2. The molecule has 102 valence electrons. The van der Waals surface area contributed by atoms with Gasteiger partial charge in [0.2, 0.25) is 0 Å². The van der Waals surface area contributed by atoms with Gasteiger partial charge in [0.05, 0.1) is 11.7 Å². The second-order valence-electron chi connectivity index (χ2n) is 4.36. The summed E-state index contributed by atoms with van der Waals surface area (Å²) >= 11 is 5.89. The van der Waals surface area contributed by atoms with E-state index in [1.165, 1.54) is 14.7 Å². The van der Waals surface area contributed by atoms with Crippen molar-refractivity contribution in [3.63, 3.8) is 0 Å². The van der Waals surface area contributed by atoms with Gasteiger partial charge in [-0.15, -0.1) is 5.10 Å². The molecule has 2 aromatic rings. The van der Waals surface area contributed by atoms with Gasteiger partial charge in [0, 0.05) is 10.6 Å². The molecule has 0 bridgehead atoms. The molecule has 1 aromatic heterocycles. The molecule has 0 aliphatic heterocycles. The molecule has 2 rings (SSSR count). The third-order valence-corrected chi connectivity index (χ3v) is 5.08. The molecule has 0 radical (unpaired) electrons. The molecular weight excluding hydrogens is 419 g/mol. The quantitative estimate of drug-likeness (QED) is 0.751. The van der Waals surface area contributed by atoms with Crippen LogP contribution in [0, 0.1) is 10.5 Å². The van der Waals surface area contributed by atoms with Crippen LogP contribution in [-0.2, 0) is 7.05 Å². The van der Waals surface area contributed by atoms with Crippen LogP contribution in [0.25, 0.3) is 0 Å². The van der Waals surface area contributed by atoms with Gasteiger partial charge in [-0.25, -0.2) is 4.68 Å². The highest BCUT2D eigenvalue weighted by Crippen LogP contribution is 2.30. The van der Waals surface area contributed by atoms with Crippen LogP contribution in [0.15, 0.2) is 22.8 Å². The van der Waals surface area contributed by atoms with Crippen LogP contribution in [0.4, 0.5) is 0 Å². The SMILES string of the molecule is CCNC(c1cccc(C)c1I)c1c(Br)nnn1C. The van der Waals surface area contributed by atoms with E-state index < -0.39 is 0 Å².